The lowest BCUT2D eigenvalue weighted by Crippen LogP contribution is -2.25. The van der Waals surface area contributed by atoms with Crippen LogP contribution >= 0.6 is 0 Å². The van der Waals surface area contributed by atoms with Crippen LogP contribution in [0.5, 0.6) is 0 Å². The Morgan fingerprint density at radius 1 is 0.696 bits per heavy atom. The zero-order valence-corrected chi connectivity index (χ0v) is 64.3. The number of unbranched alkanes of at least 4 members (excludes halogenated alkanes) is 4. The Hall–Kier alpha value is -5.93. The molecule has 2 heterocycles. The van der Waals surface area contributed by atoms with Crippen LogP contribution in [0.3, 0.4) is 0 Å². The summed E-state index contributed by atoms with van der Waals surface area (Å²) in [5, 5.41) is 5.95. The third-order valence-corrected chi connectivity index (χ3v) is 15.6. The molecule has 524 valence electrons. The molecule has 0 saturated heterocycles. The van der Waals surface area contributed by atoms with Crippen molar-refractivity contribution in [2.45, 2.75) is 313 Å². The number of carbonyl (C=O) groups excluding carboxylic acids is 4. The molecule has 4 unspecified atom stereocenters. The SMILES string of the molecule is C#CC(=O)c1ccc(C)cc1CC.C1CCCC1.CC.CC.CCC#C/C(=C(\CCC)OC)c1cc(C(C)=O)cc(C)n1.CCC/C=C1/Nc2ccc(C)cc2N1C.CCCC.CCCC(C)CCC(C)CC.CCCCCC(C)CC.CNC(=O)C(C)CCC=O. The first-order valence-corrected chi connectivity index (χ1v) is 36.4. The van der Waals surface area contributed by atoms with E-state index in [4.69, 9.17) is 11.2 Å². The van der Waals surface area contributed by atoms with Gasteiger partial charge >= 0.3 is 0 Å². The monoisotopic (exact) mass is 1280 g/mol. The van der Waals surface area contributed by atoms with E-state index in [1.807, 2.05) is 74.4 Å². The lowest BCUT2D eigenvalue weighted by atomic mass is 9.94. The topological polar surface area (TPSA) is 118 Å². The first-order chi connectivity index (χ1) is 44.1. The second-order valence-electron chi connectivity index (χ2n) is 23.9. The van der Waals surface area contributed by atoms with Crippen LogP contribution in [0, 0.1) is 68.6 Å². The van der Waals surface area contributed by atoms with E-state index in [0.29, 0.717) is 29.7 Å². The lowest BCUT2D eigenvalue weighted by Gasteiger charge is -2.13. The number of terminal acetylenes is 1. The molecule has 0 spiro atoms. The van der Waals surface area contributed by atoms with E-state index in [-0.39, 0.29) is 23.4 Å². The molecule has 92 heavy (non-hydrogen) atoms. The highest BCUT2D eigenvalue weighted by Crippen LogP contribution is 2.36. The normalized spacial score (nSPS) is 13.0. The number of amides is 1. The van der Waals surface area contributed by atoms with Crippen molar-refractivity contribution in [3.63, 3.8) is 0 Å². The summed E-state index contributed by atoms with van der Waals surface area (Å²) in [6.07, 6.45) is 39.1. The molecule has 1 aromatic heterocycles. The van der Waals surface area contributed by atoms with Crippen molar-refractivity contribution in [2.24, 2.45) is 23.7 Å². The number of fused-ring (bicyclic) bond motifs is 1. The molecule has 1 aliphatic heterocycles. The third kappa shape index (κ3) is 47.9. The molecule has 5 rings (SSSR count). The van der Waals surface area contributed by atoms with Gasteiger partial charge in [-0.25, -0.2) is 0 Å². The van der Waals surface area contributed by atoms with Crippen molar-refractivity contribution < 1.29 is 23.9 Å². The number of aryl methyl sites for hydroxylation is 4. The van der Waals surface area contributed by atoms with Gasteiger partial charge in [0.05, 0.1) is 29.8 Å². The number of nitrogens with one attached hydrogen (secondary N) is 2. The average Bonchev–Trinajstić information content (AvgIpc) is 1.61. The van der Waals surface area contributed by atoms with Crippen LogP contribution in [0.25, 0.3) is 5.57 Å². The molecule has 2 N–H and O–H groups in total. The maximum Gasteiger partial charge on any atom is 0.235 e. The standard InChI is InChI=1S/C18H23NO2.C13H18N2.C12H12O.C11H24.C9H20.C7H13NO2.C5H10.C4H10.2C2H6/c1-6-8-10-16(18(21-5)9-7-2)17-12-15(14(4)20)11-13(3)19-17;1-4-5-6-13-14-11-8-7-10(2)9-12(11)15(13)3;1-4-10-8-9(3)6-7-11(10)12(13)5-2;1-5-7-11(4)9-8-10(3)6-2;1-4-6-7-8-9(3)5-2;1-6(4-3-5-9)7(10)8-2;1-2-4-5-3-1;1-3-4-2;2*1-2/h11-12H,6-7,9H2,1-5H3;6-9,14H,4-5H2,1-3H3;2,6-8H,4H2,1,3H3;10-11H,5-9H2,1-4H3;9H,4-8H2,1-3H3;5-6H,3-4H2,1-2H3,(H,8,10);1-5H2;3-4H2,1-2H3;2*1-2H3/b18-16-;13-6-;;;;;;;;. The van der Waals surface area contributed by atoms with Crippen molar-refractivity contribution in [1.82, 2.24) is 10.3 Å². The Balaban J connectivity index is -0.000000322. The van der Waals surface area contributed by atoms with Gasteiger partial charge in [0.1, 0.15) is 17.9 Å². The van der Waals surface area contributed by atoms with Crippen LogP contribution in [-0.4, -0.2) is 49.9 Å². The van der Waals surface area contributed by atoms with Crippen molar-refractivity contribution in [2.75, 3.05) is 31.4 Å². The van der Waals surface area contributed by atoms with Crippen molar-refractivity contribution >= 4 is 40.7 Å². The van der Waals surface area contributed by atoms with E-state index in [9.17, 15) is 19.2 Å². The number of hydrogen-bond donors (Lipinski definition) is 2. The number of ketones is 2. The molecule has 3 aromatic rings. The molecular weight excluding hydrogens is 1130 g/mol. The Morgan fingerprint density at radius 2 is 1.26 bits per heavy atom. The zero-order valence-electron chi connectivity index (χ0n) is 64.3. The Morgan fingerprint density at radius 3 is 1.73 bits per heavy atom. The highest BCUT2D eigenvalue weighted by atomic mass is 16.5. The number of pyridine rings is 1. The van der Waals surface area contributed by atoms with Crippen LogP contribution < -0.4 is 15.5 Å². The maximum absolute atomic E-state index is 11.6. The number of Topliss-reactive ketones (excluding diaryl/α,β-unsaturated/α-hetero) is 2. The Kier molecular flexibility index (Phi) is 67.1. The van der Waals surface area contributed by atoms with Gasteiger partial charge in [0, 0.05) is 56.1 Å². The van der Waals surface area contributed by atoms with Gasteiger partial charge in [0.15, 0.2) is 5.78 Å². The summed E-state index contributed by atoms with van der Waals surface area (Å²) in [4.78, 5) is 50.3. The minimum atomic E-state index is -0.225. The predicted molar refractivity (Wildman–Crippen MR) is 407 cm³/mol. The Bertz CT molecular complexity index is 2490. The lowest BCUT2D eigenvalue weighted by molar-refractivity contribution is -0.124. The zero-order chi connectivity index (χ0) is 71.2. The summed E-state index contributed by atoms with van der Waals surface area (Å²) in [5.74, 6) is 13.0. The van der Waals surface area contributed by atoms with Crippen LogP contribution in [0.15, 0.2) is 66.2 Å². The smallest absolute Gasteiger partial charge is 0.235 e. The average molecular weight is 1280 g/mol. The summed E-state index contributed by atoms with van der Waals surface area (Å²) in [5.41, 5.74) is 9.60. The quantitative estimate of drug-likeness (QED) is 0.0215. The summed E-state index contributed by atoms with van der Waals surface area (Å²) < 4.78 is 5.50. The van der Waals surface area contributed by atoms with E-state index >= 15 is 0 Å². The van der Waals surface area contributed by atoms with Gasteiger partial charge in [-0.3, -0.25) is 19.4 Å². The molecule has 9 heteroatoms. The number of benzene rings is 2. The number of nitrogens with zero attached hydrogens (tertiary/aromatic N) is 2. The largest absolute Gasteiger partial charge is 0.500 e. The molecule has 4 atom stereocenters. The van der Waals surface area contributed by atoms with E-state index < -0.39 is 0 Å². The third-order valence-electron chi connectivity index (χ3n) is 15.6. The second kappa shape index (κ2) is 65.1. The van der Waals surface area contributed by atoms with Gasteiger partial charge < -0.3 is 25.1 Å². The van der Waals surface area contributed by atoms with Gasteiger partial charge in [-0.05, 0) is 125 Å². The van der Waals surface area contributed by atoms with E-state index in [0.717, 1.165) is 84.3 Å². The van der Waals surface area contributed by atoms with Gasteiger partial charge in [-0.2, -0.15) is 0 Å². The molecule has 1 amide bonds. The number of methoxy groups -OCH3 is 1. The first-order valence-electron chi connectivity index (χ1n) is 36.4. The number of aldehydes is 1. The van der Waals surface area contributed by atoms with Crippen LogP contribution in [0.4, 0.5) is 11.4 Å². The minimum Gasteiger partial charge on any atom is -0.500 e. The van der Waals surface area contributed by atoms with E-state index in [2.05, 4.69) is 153 Å². The summed E-state index contributed by atoms with van der Waals surface area (Å²) in [7, 11) is 5.36. The molecule has 9 nitrogen and oxygen atoms in total. The van der Waals surface area contributed by atoms with Crippen LogP contribution in [-0.2, 0) is 20.7 Å². The molecule has 2 aliphatic rings. The van der Waals surface area contributed by atoms with E-state index in [1.165, 1.54) is 138 Å². The molecule has 2 aromatic carbocycles. The second-order valence-corrected chi connectivity index (χ2v) is 23.9. The number of allylic oxidation sites excluding steroid dienone is 3. The van der Waals surface area contributed by atoms with E-state index in [1.54, 1.807) is 39.3 Å². The molecule has 0 bridgehead atoms. The first kappa shape index (κ1) is 94.8. The number of ether oxygens (including phenoxy) is 1. The van der Waals surface area contributed by atoms with Gasteiger partial charge in [0.25, 0.3) is 0 Å². The molecule has 1 saturated carbocycles. The summed E-state index contributed by atoms with van der Waals surface area (Å²) >= 11 is 0. The van der Waals surface area contributed by atoms with Crippen molar-refractivity contribution in [1.29, 1.82) is 0 Å². The Labute approximate surface area is 569 Å². The number of carbonyl (C=O) groups is 4. The summed E-state index contributed by atoms with van der Waals surface area (Å²) in [6.45, 7) is 46.2. The molecule has 1 aliphatic carbocycles. The fourth-order valence-corrected chi connectivity index (χ4v) is 9.11. The van der Waals surface area contributed by atoms with Gasteiger partial charge in [-0.15, -0.1) is 6.42 Å². The molecular formula is C83H142N4O5. The molecule has 1 fully saturated rings. The number of anilines is 2. The molecule has 0 radical (unpaired) electrons. The predicted octanol–water partition coefficient (Wildman–Crippen LogP) is 24.1. The number of rotatable bonds is 25. The van der Waals surface area contributed by atoms with Crippen LogP contribution in [0.2, 0.25) is 0 Å². The highest BCUT2D eigenvalue weighted by molar-refractivity contribution is 6.09. The fraction of sp³-hybridized carbons (Fsp3) is 0.651. The van der Waals surface area contributed by atoms with Crippen molar-refractivity contribution in [3.8, 4) is 24.2 Å². The fourth-order valence-electron chi connectivity index (χ4n) is 9.11. The summed E-state index contributed by atoms with van der Waals surface area (Å²) in [6, 6.07) is 15.8. The minimum absolute atomic E-state index is 0.00171. The van der Waals surface area contributed by atoms with Gasteiger partial charge in [0.2, 0.25) is 11.7 Å². The number of aromatic nitrogens is 1. The maximum atomic E-state index is 11.6. The van der Waals surface area contributed by atoms with Crippen molar-refractivity contribution in [3.05, 3.63) is 105 Å². The van der Waals surface area contributed by atoms with Crippen LogP contribution in [0.1, 0.15) is 334 Å². The highest BCUT2D eigenvalue weighted by Gasteiger charge is 2.20. The van der Waals surface area contributed by atoms with Gasteiger partial charge in [-0.1, -0.05) is 276 Å². The number of hydrogen-bond acceptors (Lipinski definition) is 8.